The molecular formula is C10H18N2O2. The molecule has 0 spiro atoms. The van der Waals surface area contributed by atoms with Gasteiger partial charge in [-0.05, 0) is 12.8 Å². The maximum absolute atomic E-state index is 11.6. The van der Waals surface area contributed by atoms with Crippen molar-refractivity contribution >= 4 is 5.91 Å². The molecule has 4 heteroatoms. The molecule has 2 aliphatic rings. The third kappa shape index (κ3) is 1.91. The van der Waals surface area contributed by atoms with Gasteiger partial charge in [0.1, 0.15) is 0 Å². The van der Waals surface area contributed by atoms with Crippen LogP contribution in [0.2, 0.25) is 0 Å². The molecule has 0 aromatic heterocycles. The van der Waals surface area contributed by atoms with E-state index in [0.29, 0.717) is 0 Å². The Labute approximate surface area is 84.5 Å². The predicted molar refractivity (Wildman–Crippen MR) is 52.8 cm³/mol. The van der Waals surface area contributed by atoms with E-state index in [-0.39, 0.29) is 17.9 Å². The number of likely N-dealkylation sites (tertiary alicyclic amines) is 2. The summed E-state index contributed by atoms with van der Waals surface area (Å²) in [5, 5.41) is 9.35. The fourth-order valence-corrected chi connectivity index (χ4v) is 2.35. The van der Waals surface area contributed by atoms with Gasteiger partial charge in [-0.1, -0.05) is 0 Å². The smallest absolute Gasteiger partial charge is 0.226 e. The number of hydrogen-bond acceptors (Lipinski definition) is 3. The average Bonchev–Trinajstić information content (AvgIpc) is 2.67. The van der Waals surface area contributed by atoms with Crippen molar-refractivity contribution in [1.82, 2.24) is 9.80 Å². The maximum Gasteiger partial charge on any atom is 0.226 e. The van der Waals surface area contributed by atoms with Gasteiger partial charge >= 0.3 is 0 Å². The highest BCUT2D eigenvalue weighted by molar-refractivity contribution is 5.80. The lowest BCUT2D eigenvalue weighted by molar-refractivity contribution is -0.130. The molecule has 80 valence electrons. The topological polar surface area (TPSA) is 43.8 Å². The van der Waals surface area contributed by atoms with Gasteiger partial charge in [0.15, 0.2) is 0 Å². The fraction of sp³-hybridized carbons (Fsp3) is 0.900. The maximum atomic E-state index is 11.6. The van der Waals surface area contributed by atoms with Crippen LogP contribution in [0, 0.1) is 5.92 Å². The van der Waals surface area contributed by atoms with Crippen LogP contribution in [-0.4, -0.2) is 60.1 Å². The summed E-state index contributed by atoms with van der Waals surface area (Å²) in [4.78, 5) is 15.6. The number of β-amino-alcohol motifs (C(OH)–C–C–N with tert-alkyl or cyclic N) is 1. The first-order chi connectivity index (χ1) is 6.66. The molecule has 0 saturated carbocycles. The zero-order valence-corrected chi connectivity index (χ0v) is 8.65. The standard InChI is InChI=1S/C10H18N2O2/c1-11-4-2-8(10(11)14)6-12-5-3-9(13)7-12/h8-9,13H,2-7H2,1H3/t8?,9-/m0/s1. The van der Waals surface area contributed by atoms with Crippen LogP contribution in [0.5, 0.6) is 0 Å². The number of amides is 1. The van der Waals surface area contributed by atoms with E-state index in [1.165, 1.54) is 0 Å². The molecule has 0 aliphatic carbocycles. The van der Waals surface area contributed by atoms with E-state index in [0.717, 1.165) is 39.0 Å². The predicted octanol–water partition coefficient (Wildman–Crippen LogP) is -0.469. The van der Waals surface area contributed by atoms with Gasteiger partial charge < -0.3 is 10.0 Å². The van der Waals surface area contributed by atoms with Gasteiger partial charge in [0, 0.05) is 33.2 Å². The minimum atomic E-state index is -0.177. The van der Waals surface area contributed by atoms with E-state index in [9.17, 15) is 9.90 Å². The molecule has 0 aromatic rings. The molecule has 0 radical (unpaired) electrons. The lowest BCUT2D eigenvalue weighted by Gasteiger charge is -2.18. The number of aliphatic hydroxyl groups is 1. The third-order valence-electron chi connectivity index (χ3n) is 3.26. The molecule has 2 saturated heterocycles. The van der Waals surface area contributed by atoms with Crippen LogP contribution >= 0.6 is 0 Å². The number of carbonyl (C=O) groups excluding carboxylic acids is 1. The van der Waals surface area contributed by atoms with E-state index in [1.54, 1.807) is 4.90 Å². The van der Waals surface area contributed by atoms with Crippen LogP contribution in [0.3, 0.4) is 0 Å². The van der Waals surface area contributed by atoms with E-state index >= 15 is 0 Å². The van der Waals surface area contributed by atoms with E-state index in [1.807, 2.05) is 7.05 Å². The van der Waals surface area contributed by atoms with Crippen molar-refractivity contribution in [2.75, 3.05) is 33.2 Å². The van der Waals surface area contributed by atoms with Gasteiger partial charge in [0.2, 0.25) is 5.91 Å². The van der Waals surface area contributed by atoms with Crippen molar-refractivity contribution in [2.24, 2.45) is 5.92 Å². The first kappa shape index (κ1) is 9.93. The molecular weight excluding hydrogens is 180 g/mol. The molecule has 2 aliphatic heterocycles. The summed E-state index contributed by atoms with van der Waals surface area (Å²) in [7, 11) is 1.86. The molecule has 0 bridgehead atoms. The Kier molecular flexibility index (Phi) is 2.74. The number of aliphatic hydroxyl groups excluding tert-OH is 1. The molecule has 14 heavy (non-hydrogen) atoms. The zero-order valence-electron chi connectivity index (χ0n) is 8.65. The summed E-state index contributed by atoms with van der Waals surface area (Å²) in [6.45, 7) is 3.41. The van der Waals surface area contributed by atoms with E-state index < -0.39 is 0 Å². The van der Waals surface area contributed by atoms with E-state index in [2.05, 4.69) is 4.90 Å². The van der Waals surface area contributed by atoms with Crippen LogP contribution in [0.1, 0.15) is 12.8 Å². The highest BCUT2D eigenvalue weighted by Crippen LogP contribution is 2.19. The van der Waals surface area contributed by atoms with Gasteiger partial charge in [0.25, 0.3) is 0 Å². The Morgan fingerprint density at radius 2 is 2.21 bits per heavy atom. The lowest BCUT2D eigenvalue weighted by atomic mass is 10.1. The lowest BCUT2D eigenvalue weighted by Crippen LogP contribution is -2.32. The van der Waals surface area contributed by atoms with Crippen molar-refractivity contribution in [3.05, 3.63) is 0 Å². The molecule has 2 fully saturated rings. The quantitative estimate of drug-likeness (QED) is 0.652. The van der Waals surface area contributed by atoms with Gasteiger partial charge in [0.05, 0.1) is 12.0 Å². The minimum Gasteiger partial charge on any atom is -0.392 e. The summed E-state index contributed by atoms with van der Waals surface area (Å²) < 4.78 is 0. The first-order valence-electron chi connectivity index (χ1n) is 5.32. The summed E-state index contributed by atoms with van der Waals surface area (Å²) in [6.07, 6.45) is 1.66. The fourth-order valence-electron chi connectivity index (χ4n) is 2.35. The highest BCUT2D eigenvalue weighted by atomic mass is 16.3. The molecule has 2 rings (SSSR count). The Balaban J connectivity index is 1.83. The Hall–Kier alpha value is -0.610. The number of carbonyl (C=O) groups is 1. The molecule has 1 amide bonds. The van der Waals surface area contributed by atoms with Crippen LogP contribution in [0.15, 0.2) is 0 Å². The Morgan fingerprint density at radius 1 is 1.43 bits per heavy atom. The van der Waals surface area contributed by atoms with Crippen LogP contribution < -0.4 is 0 Å². The second kappa shape index (κ2) is 3.87. The third-order valence-corrected chi connectivity index (χ3v) is 3.26. The van der Waals surface area contributed by atoms with Crippen molar-refractivity contribution in [1.29, 1.82) is 0 Å². The van der Waals surface area contributed by atoms with Gasteiger partial charge in [-0.15, -0.1) is 0 Å². The highest BCUT2D eigenvalue weighted by Gasteiger charge is 2.32. The Bertz CT molecular complexity index is 232. The zero-order chi connectivity index (χ0) is 10.1. The molecule has 1 N–H and O–H groups in total. The van der Waals surface area contributed by atoms with Gasteiger partial charge in [-0.25, -0.2) is 0 Å². The monoisotopic (exact) mass is 198 g/mol. The normalized spacial score (nSPS) is 34.4. The summed E-state index contributed by atoms with van der Waals surface area (Å²) in [6, 6.07) is 0. The number of hydrogen-bond donors (Lipinski definition) is 1. The van der Waals surface area contributed by atoms with Gasteiger partial charge in [-0.2, -0.15) is 0 Å². The molecule has 1 unspecified atom stereocenters. The largest absolute Gasteiger partial charge is 0.392 e. The summed E-state index contributed by atoms with van der Waals surface area (Å²) in [5.41, 5.74) is 0. The minimum absolute atomic E-state index is 0.172. The SMILES string of the molecule is CN1CCC(CN2CC[C@H](O)C2)C1=O. The molecule has 4 nitrogen and oxygen atoms in total. The van der Waals surface area contributed by atoms with Crippen molar-refractivity contribution in [2.45, 2.75) is 18.9 Å². The second-order valence-electron chi connectivity index (χ2n) is 4.45. The van der Waals surface area contributed by atoms with Gasteiger partial charge in [-0.3, -0.25) is 9.69 Å². The number of nitrogens with zero attached hydrogens (tertiary/aromatic N) is 2. The van der Waals surface area contributed by atoms with Crippen molar-refractivity contribution in [3.63, 3.8) is 0 Å². The molecule has 0 aromatic carbocycles. The summed E-state index contributed by atoms with van der Waals surface area (Å²) >= 11 is 0. The van der Waals surface area contributed by atoms with Crippen LogP contribution in [-0.2, 0) is 4.79 Å². The van der Waals surface area contributed by atoms with Crippen LogP contribution in [0.4, 0.5) is 0 Å². The van der Waals surface area contributed by atoms with Crippen molar-refractivity contribution in [3.8, 4) is 0 Å². The molecule has 2 heterocycles. The van der Waals surface area contributed by atoms with E-state index in [4.69, 9.17) is 0 Å². The second-order valence-corrected chi connectivity index (χ2v) is 4.45. The number of rotatable bonds is 2. The van der Waals surface area contributed by atoms with Crippen LogP contribution in [0.25, 0.3) is 0 Å². The molecule has 2 atom stereocenters. The van der Waals surface area contributed by atoms with Crippen molar-refractivity contribution < 1.29 is 9.90 Å². The Morgan fingerprint density at radius 3 is 2.71 bits per heavy atom. The first-order valence-corrected chi connectivity index (χ1v) is 5.32. The summed E-state index contributed by atoms with van der Waals surface area (Å²) in [5.74, 6) is 0.441. The average molecular weight is 198 g/mol.